The van der Waals surface area contributed by atoms with Crippen molar-refractivity contribution in [3.63, 3.8) is 0 Å². The molecule has 0 saturated carbocycles. The van der Waals surface area contributed by atoms with E-state index in [0.717, 1.165) is 18.2 Å². The van der Waals surface area contributed by atoms with E-state index in [4.69, 9.17) is 0 Å². The van der Waals surface area contributed by atoms with Gasteiger partial charge in [-0.05, 0) is 6.07 Å². The van der Waals surface area contributed by atoms with Gasteiger partial charge in [0.1, 0.15) is 0 Å². The van der Waals surface area contributed by atoms with E-state index in [0.29, 0.717) is 0 Å². The molecule has 0 saturated heterocycles. The molecule has 0 bridgehead atoms. The standard InChI is InChI=1S/C9H7BF3N2O2.K/c11-10(12,13)5-1-2-7-6(3-5)9(17)14-4-8(16)15-7;/h1-3H,4H2,(H,14,17)(H,15,16);/q-1;+1. The molecule has 0 spiro atoms. The van der Waals surface area contributed by atoms with Crippen molar-refractivity contribution in [2.75, 3.05) is 11.9 Å². The first kappa shape index (κ1) is 15.7. The third-order valence-electron chi connectivity index (χ3n) is 2.35. The zero-order valence-corrected chi connectivity index (χ0v) is 12.6. The van der Waals surface area contributed by atoms with Gasteiger partial charge in [-0.3, -0.25) is 9.59 Å². The van der Waals surface area contributed by atoms with Crippen molar-refractivity contribution in [1.29, 1.82) is 0 Å². The summed E-state index contributed by atoms with van der Waals surface area (Å²) in [5.74, 6) is -1.16. The zero-order valence-electron chi connectivity index (χ0n) is 9.47. The smallest absolute Gasteiger partial charge is 0.445 e. The topological polar surface area (TPSA) is 58.2 Å². The molecular weight excluding hydrogens is 275 g/mol. The van der Waals surface area contributed by atoms with Crippen molar-refractivity contribution in [2.24, 2.45) is 0 Å². The molecule has 1 aromatic carbocycles. The molecule has 0 aromatic heterocycles. The Morgan fingerprint density at radius 3 is 2.44 bits per heavy atom. The fourth-order valence-electron chi connectivity index (χ4n) is 1.51. The molecule has 4 nitrogen and oxygen atoms in total. The number of rotatable bonds is 1. The fraction of sp³-hybridized carbons (Fsp3) is 0.111. The van der Waals surface area contributed by atoms with Crippen molar-refractivity contribution in [1.82, 2.24) is 5.32 Å². The first-order valence-corrected chi connectivity index (χ1v) is 4.80. The van der Waals surface area contributed by atoms with Gasteiger partial charge in [0.25, 0.3) is 5.91 Å². The number of carbonyl (C=O) groups excluding carboxylic acids is 2. The van der Waals surface area contributed by atoms with Gasteiger partial charge in [0.2, 0.25) is 5.91 Å². The molecule has 2 rings (SSSR count). The quantitative estimate of drug-likeness (QED) is 0.556. The monoisotopic (exact) mass is 282 g/mol. The predicted octanol–water partition coefficient (Wildman–Crippen LogP) is -2.57. The molecule has 0 atom stereocenters. The molecule has 90 valence electrons. The average molecular weight is 282 g/mol. The SMILES string of the molecule is O=C1CNC(=O)c2cc([B-](F)(F)F)ccc2N1.[K+]. The number of amides is 2. The minimum absolute atomic E-state index is 0. The number of hydrogen-bond acceptors (Lipinski definition) is 2. The van der Waals surface area contributed by atoms with E-state index in [1.54, 1.807) is 0 Å². The van der Waals surface area contributed by atoms with Gasteiger partial charge in [-0.1, -0.05) is 12.1 Å². The van der Waals surface area contributed by atoms with Gasteiger partial charge in [0.15, 0.2) is 0 Å². The first-order chi connectivity index (χ1) is 7.88. The van der Waals surface area contributed by atoms with Crippen molar-refractivity contribution in [2.45, 2.75) is 0 Å². The Hall–Kier alpha value is -0.349. The van der Waals surface area contributed by atoms with Crippen LogP contribution in [0.15, 0.2) is 18.2 Å². The summed E-state index contributed by atoms with van der Waals surface area (Å²) in [6.07, 6.45) is 0. The van der Waals surface area contributed by atoms with Gasteiger partial charge in [-0.15, -0.1) is 5.46 Å². The van der Waals surface area contributed by atoms with Crippen molar-refractivity contribution in [3.05, 3.63) is 23.8 Å². The van der Waals surface area contributed by atoms with E-state index in [-0.39, 0.29) is 69.2 Å². The van der Waals surface area contributed by atoms with E-state index in [2.05, 4.69) is 10.6 Å². The Balaban J connectivity index is 0.00000162. The minimum atomic E-state index is -5.16. The third kappa shape index (κ3) is 3.35. The molecule has 1 heterocycles. The van der Waals surface area contributed by atoms with Crippen LogP contribution in [0, 0.1) is 0 Å². The Bertz CT molecular complexity index is 507. The van der Waals surface area contributed by atoms with Crippen LogP contribution in [-0.2, 0) is 4.79 Å². The molecule has 2 N–H and O–H groups in total. The predicted molar refractivity (Wildman–Crippen MR) is 56.1 cm³/mol. The summed E-state index contributed by atoms with van der Waals surface area (Å²) in [7, 11) is 0. The van der Waals surface area contributed by atoms with Gasteiger partial charge in [0, 0.05) is 0 Å². The number of fused-ring (bicyclic) bond motifs is 1. The van der Waals surface area contributed by atoms with Crippen molar-refractivity contribution in [3.8, 4) is 0 Å². The number of halogens is 3. The van der Waals surface area contributed by atoms with Crippen LogP contribution in [0.5, 0.6) is 0 Å². The minimum Gasteiger partial charge on any atom is -0.445 e. The van der Waals surface area contributed by atoms with Crippen LogP contribution < -0.4 is 67.5 Å². The van der Waals surface area contributed by atoms with Crippen LogP contribution in [0.25, 0.3) is 0 Å². The number of carbonyl (C=O) groups is 2. The molecule has 0 aliphatic carbocycles. The second-order valence-corrected chi connectivity index (χ2v) is 3.61. The maximum absolute atomic E-state index is 12.5. The molecular formula is C9H7BF3KN2O2. The molecule has 1 aliphatic rings. The van der Waals surface area contributed by atoms with Crippen LogP contribution >= 0.6 is 0 Å². The van der Waals surface area contributed by atoms with Crippen molar-refractivity contribution >= 4 is 29.9 Å². The zero-order chi connectivity index (χ0) is 12.6. The Morgan fingerprint density at radius 1 is 1.17 bits per heavy atom. The summed E-state index contributed by atoms with van der Waals surface area (Å²) < 4.78 is 37.5. The third-order valence-corrected chi connectivity index (χ3v) is 2.35. The molecule has 1 aromatic rings. The molecule has 0 fully saturated rings. The first-order valence-electron chi connectivity index (χ1n) is 4.80. The van der Waals surface area contributed by atoms with Gasteiger partial charge in [-0.2, -0.15) is 0 Å². The van der Waals surface area contributed by atoms with E-state index < -0.39 is 24.3 Å². The maximum Gasteiger partial charge on any atom is 1.00 e. The summed E-state index contributed by atoms with van der Waals surface area (Å²) in [4.78, 5) is 22.6. The molecule has 2 amide bonds. The van der Waals surface area contributed by atoms with Crippen LogP contribution in [-0.4, -0.2) is 25.3 Å². The Labute approximate surface area is 143 Å². The van der Waals surface area contributed by atoms with Crippen LogP contribution in [0.1, 0.15) is 10.4 Å². The van der Waals surface area contributed by atoms with Crippen LogP contribution in [0.2, 0.25) is 0 Å². The van der Waals surface area contributed by atoms with Crippen LogP contribution in [0.3, 0.4) is 0 Å². The number of nitrogens with one attached hydrogen (secondary N) is 2. The van der Waals surface area contributed by atoms with E-state index in [9.17, 15) is 22.5 Å². The summed E-state index contributed by atoms with van der Waals surface area (Å²) in [5.41, 5.74) is -0.948. The molecule has 0 unspecified atom stereocenters. The second kappa shape index (κ2) is 5.74. The van der Waals surface area contributed by atoms with Crippen molar-refractivity contribution < 1.29 is 73.9 Å². The second-order valence-electron chi connectivity index (χ2n) is 3.61. The average Bonchev–Trinajstić information content (AvgIpc) is 2.37. The van der Waals surface area contributed by atoms with Gasteiger partial charge >= 0.3 is 58.4 Å². The molecule has 1 aliphatic heterocycles. The van der Waals surface area contributed by atoms with Gasteiger partial charge in [-0.25, -0.2) is 0 Å². The van der Waals surface area contributed by atoms with Gasteiger partial charge < -0.3 is 23.6 Å². The van der Waals surface area contributed by atoms with Crippen LogP contribution in [0.4, 0.5) is 18.6 Å². The van der Waals surface area contributed by atoms with E-state index >= 15 is 0 Å². The summed E-state index contributed by atoms with van der Waals surface area (Å²) in [5, 5.41) is 4.57. The summed E-state index contributed by atoms with van der Waals surface area (Å²) in [6.45, 7) is -5.41. The summed E-state index contributed by atoms with van der Waals surface area (Å²) >= 11 is 0. The van der Waals surface area contributed by atoms with E-state index in [1.807, 2.05) is 0 Å². The Kier molecular flexibility index (Phi) is 5.01. The van der Waals surface area contributed by atoms with Gasteiger partial charge in [0.05, 0.1) is 17.8 Å². The number of benzene rings is 1. The number of anilines is 1. The normalized spacial score (nSPS) is 14.8. The Morgan fingerprint density at radius 2 is 1.83 bits per heavy atom. The molecule has 9 heteroatoms. The van der Waals surface area contributed by atoms with E-state index in [1.165, 1.54) is 0 Å². The maximum atomic E-state index is 12.5. The molecule has 0 radical (unpaired) electrons. The summed E-state index contributed by atoms with van der Waals surface area (Å²) in [6, 6.07) is 2.68. The number of hydrogen-bond donors (Lipinski definition) is 2. The molecule has 18 heavy (non-hydrogen) atoms. The fourth-order valence-corrected chi connectivity index (χ4v) is 1.51. The largest absolute Gasteiger partial charge is 1.00 e.